The zero-order chi connectivity index (χ0) is 15.0. The van der Waals surface area contributed by atoms with Crippen LogP contribution in [0, 0.1) is 0 Å². The van der Waals surface area contributed by atoms with Crippen LogP contribution >= 0.6 is 20.7 Å². The Hall–Kier alpha value is -0.970. The van der Waals surface area contributed by atoms with Crippen LogP contribution in [0.25, 0.3) is 0 Å². The summed E-state index contributed by atoms with van der Waals surface area (Å²) in [5.74, 6) is -1.88. The largest absolute Gasteiger partial charge is 0.480 e. The molecular formula is C9H19N3O5S2. The lowest BCUT2D eigenvalue weighted by Gasteiger charge is -2.23. The van der Waals surface area contributed by atoms with Crippen LogP contribution in [0.2, 0.25) is 0 Å². The van der Waals surface area contributed by atoms with Crippen molar-refractivity contribution in [2.45, 2.75) is 19.0 Å². The Bertz CT molecular complexity index is 342. The van der Waals surface area contributed by atoms with Gasteiger partial charge < -0.3 is 27.0 Å². The number of carboxylic acids is 2. The van der Waals surface area contributed by atoms with E-state index in [1.165, 1.54) is 17.7 Å². The lowest BCUT2D eigenvalue weighted by Crippen LogP contribution is -2.36. The molecule has 1 unspecified atom stereocenters. The Morgan fingerprint density at radius 1 is 1.21 bits per heavy atom. The molecule has 1 amide bonds. The fraction of sp³-hybridized carbons (Fsp3) is 0.667. The number of hydrogen-bond donors (Lipinski definition) is 6. The first kappa shape index (κ1) is 18.0. The minimum Gasteiger partial charge on any atom is -0.480 e. The number of carbonyl (C=O) groups excluding carboxylic acids is 1. The van der Waals surface area contributed by atoms with Crippen molar-refractivity contribution < 1.29 is 24.6 Å². The van der Waals surface area contributed by atoms with Crippen LogP contribution in [0.15, 0.2) is 0 Å². The molecule has 7 N–H and O–H groups in total. The number of carboxylic acid groups (broad SMARTS) is 2. The Balaban J connectivity index is 4.36. The predicted octanol–water partition coefficient (Wildman–Crippen LogP) is -1.45. The fourth-order valence-corrected chi connectivity index (χ4v) is 5.13. The van der Waals surface area contributed by atoms with Gasteiger partial charge in [-0.2, -0.15) is 9.93 Å². The van der Waals surface area contributed by atoms with Gasteiger partial charge >= 0.3 is 11.9 Å². The molecule has 0 heterocycles. The van der Waals surface area contributed by atoms with Gasteiger partial charge in [0.25, 0.3) is 0 Å². The van der Waals surface area contributed by atoms with E-state index in [1.807, 2.05) is 0 Å². The molecule has 0 fully saturated rings. The van der Waals surface area contributed by atoms with Crippen LogP contribution in [0.3, 0.4) is 0 Å². The summed E-state index contributed by atoms with van der Waals surface area (Å²) in [6.07, 6.45) is 0. The predicted molar refractivity (Wildman–Crippen MR) is 76.2 cm³/mol. The second-order valence-corrected chi connectivity index (χ2v) is 8.30. The topological polar surface area (TPSA) is 156 Å². The van der Waals surface area contributed by atoms with E-state index in [4.69, 9.17) is 21.7 Å². The van der Waals surface area contributed by atoms with Crippen LogP contribution in [-0.4, -0.2) is 57.5 Å². The lowest BCUT2D eigenvalue weighted by molar-refractivity contribution is -0.138. The third-order valence-corrected chi connectivity index (χ3v) is 6.54. The van der Waals surface area contributed by atoms with Gasteiger partial charge in [-0.3, -0.25) is 14.4 Å². The van der Waals surface area contributed by atoms with Gasteiger partial charge in [0.05, 0.1) is 5.88 Å². The summed E-state index contributed by atoms with van der Waals surface area (Å²) in [6.45, 7) is 1.35. The van der Waals surface area contributed by atoms with Gasteiger partial charge in [0.1, 0.15) is 12.1 Å². The maximum atomic E-state index is 10.8. The first-order chi connectivity index (χ1) is 8.73. The number of thiol groups is 1. The molecule has 0 aliphatic heterocycles. The maximum Gasteiger partial charge on any atom is 0.321 e. The highest BCUT2D eigenvalue weighted by Gasteiger charge is 2.19. The summed E-state index contributed by atoms with van der Waals surface area (Å²) in [6, 6.07) is -2.05. The Labute approximate surface area is 117 Å². The molecule has 10 heteroatoms. The molecule has 0 rings (SSSR count). The molecule has 0 aliphatic carbocycles. The molecule has 0 bridgehead atoms. The van der Waals surface area contributed by atoms with E-state index in [0.29, 0.717) is 0 Å². The van der Waals surface area contributed by atoms with Crippen molar-refractivity contribution in [2.75, 3.05) is 17.4 Å². The van der Waals surface area contributed by atoms with Crippen LogP contribution < -0.4 is 16.8 Å². The standard InChI is InChI=1S/C9H19N3O5S2/c1-5(13)12-4-19(3-7(11)9(16)17)18-2-6(10)8(14)15/h6-7,19H,2-4,10-11H2,1H3,(H,12,13)(H,14,15)(H,16,17)/t6-,7-/m0/s1. The van der Waals surface area contributed by atoms with Crippen molar-refractivity contribution >= 4 is 38.6 Å². The average molecular weight is 313 g/mol. The number of carbonyl (C=O) groups is 3. The SMILES string of the molecule is CC(=O)NC[SH](C[C@H](N)C(=O)O)SC[C@H](N)C(=O)O. The van der Waals surface area contributed by atoms with Gasteiger partial charge in [-0.1, -0.05) is 0 Å². The highest BCUT2D eigenvalue weighted by molar-refractivity contribution is 8.85. The number of hydrogen-bond acceptors (Lipinski definition) is 6. The number of aliphatic carboxylic acids is 2. The number of nitrogens with one attached hydrogen (secondary N) is 1. The summed E-state index contributed by atoms with van der Waals surface area (Å²) in [5, 5.41) is 20.0. The van der Waals surface area contributed by atoms with Crippen molar-refractivity contribution in [3.8, 4) is 0 Å². The molecule has 0 saturated carbocycles. The van der Waals surface area contributed by atoms with Crippen molar-refractivity contribution in [3.05, 3.63) is 0 Å². The van der Waals surface area contributed by atoms with E-state index in [9.17, 15) is 14.4 Å². The molecule has 0 aromatic carbocycles. The lowest BCUT2D eigenvalue weighted by atomic mass is 10.4. The molecule has 3 atom stereocenters. The summed E-state index contributed by atoms with van der Waals surface area (Å²) in [7, 11) is 0.260. The van der Waals surface area contributed by atoms with E-state index in [2.05, 4.69) is 5.32 Å². The molecule has 0 aromatic rings. The molecule has 19 heavy (non-hydrogen) atoms. The van der Waals surface area contributed by atoms with Crippen molar-refractivity contribution in [3.63, 3.8) is 0 Å². The van der Waals surface area contributed by atoms with Gasteiger partial charge in [-0.05, 0) is 0 Å². The third kappa shape index (κ3) is 8.70. The second kappa shape index (κ2) is 9.02. The van der Waals surface area contributed by atoms with Crippen LogP contribution in [0.1, 0.15) is 6.92 Å². The van der Waals surface area contributed by atoms with E-state index in [0.717, 1.165) is 0 Å². The summed E-state index contributed by atoms with van der Waals surface area (Å²) >= 11 is 0. The van der Waals surface area contributed by atoms with Crippen LogP contribution in [0.4, 0.5) is 0 Å². The van der Waals surface area contributed by atoms with Crippen molar-refractivity contribution in [1.82, 2.24) is 5.32 Å². The van der Waals surface area contributed by atoms with Crippen LogP contribution in [-0.2, 0) is 14.4 Å². The highest BCUT2D eigenvalue weighted by Crippen LogP contribution is 2.39. The first-order valence-electron chi connectivity index (χ1n) is 5.33. The zero-order valence-corrected chi connectivity index (χ0v) is 12.1. The summed E-state index contributed by atoms with van der Waals surface area (Å²) in [5.41, 5.74) is 10.8. The maximum absolute atomic E-state index is 10.8. The second-order valence-electron chi connectivity index (χ2n) is 3.74. The van der Waals surface area contributed by atoms with E-state index < -0.39 is 33.9 Å². The van der Waals surface area contributed by atoms with Gasteiger partial charge in [0.15, 0.2) is 0 Å². The van der Waals surface area contributed by atoms with Gasteiger partial charge in [0.2, 0.25) is 5.91 Å². The third-order valence-electron chi connectivity index (χ3n) is 1.98. The Morgan fingerprint density at radius 2 is 1.74 bits per heavy atom. The van der Waals surface area contributed by atoms with Crippen molar-refractivity contribution in [1.29, 1.82) is 0 Å². The molecule has 0 aromatic heterocycles. The average Bonchev–Trinajstić information content (AvgIpc) is 2.31. The number of rotatable bonds is 9. The van der Waals surface area contributed by atoms with E-state index >= 15 is 0 Å². The Morgan fingerprint density at radius 3 is 2.16 bits per heavy atom. The molecular weight excluding hydrogens is 294 g/mol. The summed E-state index contributed by atoms with van der Waals surface area (Å²) < 4.78 is 0. The minimum atomic E-state index is -1.13. The molecule has 0 saturated heterocycles. The van der Waals surface area contributed by atoms with Crippen LogP contribution in [0.5, 0.6) is 0 Å². The number of amides is 1. The van der Waals surface area contributed by atoms with E-state index in [-0.39, 0.29) is 23.3 Å². The molecule has 112 valence electrons. The molecule has 0 spiro atoms. The van der Waals surface area contributed by atoms with Gasteiger partial charge in [-0.15, -0.1) is 10.8 Å². The van der Waals surface area contributed by atoms with Crippen molar-refractivity contribution in [2.24, 2.45) is 11.5 Å². The number of nitrogens with two attached hydrogens (primary N) is 2. The molecule has 0 radical (unpaired) electrons. The fourth-order valence-electron chi connectivity index (χ4n) is 0.917. The highest BCUT2D eigenvalue weighted by atomic mass is 33.1. The zero-order valence-electron chi connectivity index (χ0n) is 10.4. The molecule has 8 nitrogen and oxygen atoms in total. The van der Waals surface area contributed by atoms with E-state index in [1.54, 1.807) is 0 Å². The van der Waals surface area contributed by atoms with Gasteiger partial charge in [0, 0.05) is 18.4 Å². The summed E-state index contributed by atoms with van der Waals surface area (Å²) in [4.78, 5) is 32.1. The monoisotopic (exact) mass is 313 g/mol. The smallest absolute Gasteiger partial charge is 0.321 e. The minimum absolute atomic E-state index is 0.146. The van der Waals surface area contributed by atoms with Gasteiger partial charge in [-0.25, -0.2) is 0 Å². The molecule has 0 aliphatic rings. The normalized spacial score (nSPS) is 16.3. The quantitative estimate of drug-likeness (QED) is 0.223. The Kier molecular flexibility index (Phi) is 8.56. The first-order valence-corrected chi connectivity index (χ1v) is 8.63.